The molecule has 0 unspecified atom stereocenters. The molecule has 0 aliphatic carbocycles. The molecule has 0 N–H and O–H groups in total. The van der Waals surface area contributed by atoms with Crippen LogP contribution in [-0.2, 0) is 16.1 Å². The van der Waals surface area contributed by atoms with E-state index in [0.717, 1.165) is 70.0 Å². The number of aromatic nitrogens is 3. The third-order valence-electron chi connectivity index (χ3n) is 5.31. The average molecular weight is 360 g/mol. The Morgan fingerprint density at radius 2 is 2.00 bits per heavy atom. The fourth-order valence-electron chi connectivity index (χ4n) is 3.87. The van der Waals surface area contributed by atoms with E-state index in [1.807, 2.05) is 17.9 Å². The number of amides is 1. The summed E-state index contributed by atoms with van der Waals surface area (Å²) in [5.74, 6) is 2.04. The van der Waals surface area contributed by atoms with Crippen LogP contribution in [0.5, 0.6) is 0 Å². The summed E-state index contributed by atoms with van der Waals surface area (Å²) in [4.78, 5) is 23.7. The Morgan fingerprint density at radius 1 is 1.20 bits per heavy atom. The molecule has 0 aromatic carbocycles. The molecular formula is C18H24N4O2S. The van der Waals surface area contributed by atoms with Gasteiger partial charge in [0.1, 0.15) is 5.82 Å². The van der Waals surface area contributed by atoms with Crippen LogP contribution in [0.1, 0.15) is 43.1 Å². The van der Waals surface area contributed by atoms with Crippen LogP contribution >= 0.6 is 11.3 Å². The molecule has 0 radical (unpaired) electrons. The Hall–Kier alpha value is -1.73. The van der Waals surface area contributed by atoms with Crippen molar-refractivity contribution in [2.24, 2.45) is 5.92 Å². The normalized spacial score (nSPS) is 20.1. The van der Waals surface area contributed by atoms with Crippen LogP contribution in [0.2, 0.25) is 0 Å². The molecule has 4 rings (SSSR count). The van der Waals surface area contributed by atoms with E-state index in [1.54, 1.807) is 11.3 Å². The van der Waals surface area contributed by atoms with E-state index in [9.17, 15) is 4.79 Å². The molecule has 7 heteroatoms. The molecule has 134 valence electrons. The highest BCUT2D eigenvalue weighted by Gasteiger charge is 2.31. The molecule has 2 aromatic rings. The maximum atomic E-state index is 12.7. The molecule has 2 aliphatic heterocycles. The molecule has 6 nitrogen and oxygen atoms in total. The van der Waals surface area contributed by atoms with Gasteiger partial charge in [0.2, 0.25) is 5.91 Å². The van der Waals surface area contributed by atoms with Gasteiger partial charge in [-0.1, -0.05) is 0 Å². The fraction of sp³-hybridized carbons (Fsp3) is 0.611. The lowest BCUT2D eigenvalue weighted by Crippen LogP contribution is -2.43. The van der Waals surface area contributed by atoms with Gasteiger partial charge in [-0.2, -0.15) is 0 Å². The second kappa shape index (κ2) is 7.66. The minimum Gasteiger partial charge on any atom is -0.381 e. The van der Waals surface area contributed by atoms with Gasteiger partial charge in [-0.25, -0.2) is 9.97 Å². The number of likely N-dealkylation sites (tertiary alicyclic amines) is 1. The quantitative estimate of drug-likeness (QED) is 0.841. The van der Waals surface area contributed by atoms with Gasteiger partial charge < -0.3 is 14.2 Å². The number of rotatable bonds is 4. The van der Waals surface area contributed by atoms with Crippen molar-refractivity contribution in [3.05, 3.63) is 34.8 Å². The van der Waals surface area contributed by atoms with Crippen LogP contribution < -0.4 is 0 Å². The number of ether oxygens (including phenoxy) is 1. The first-order chi connectivity index (χ1) is 12.3. The number of piperidine rings is 1. The molecule has 0 bridgehead atoms. The summed E-state index contributed by atoms with van der Waals surface area (Å²) in [7, 11) is 0. The maximum absolute atomic E-state index is 12.7. The van der Waals surface area contributed by atoms with Gasteiger partial charge in [-0.3, -0.25) is 4.79 Å². The zero-order chi connectivity index (χ0) is 17.1. The first-order valence-corrected chi connectivity index (χ1v) is 10.00. The van der Waals surface area contributed by atoms with Gasteiger partial charge in [0.15, 0.2) is 0 Å². The first kappa shape index (κ1) is 16.7. The lowest BCUT2D eigenvalue weighted by molar-refractivity contribution is -0.139. The molecule has 1 amide bonds. The molecule has 0 spiro atoms. The Labute approximate surface area is 151 Å². The summed E-state index contributed by atoms with van der Waals surface area (Å²) in [6.07, 6.45) is 7.63. The summed E-state index contributed by atoms with van der Waals surface area (Å²) in [6, 6.07) is 0. The van der Waals surface area contributed by atoms with Gasteiger partial charge in [0.25, 0.3) is 0 Å². The van der Waals surface area contributed by atoms with Gasteiger partial charge >= 0.3 is 0 Å². The van der Waals surface area contributed by atoms with Crippen LogP contribution in [0.4, 0.5) is 0 Å². The molecule has 0 atom stereocenters. The van der Waals surface area contributed by atoms with Crippen LogP contribution in [0.25, 0.3) is 0 Å². The highest BCUT2D eigenvalue weighted by Crippen LogP contribution is 2.29. The highest BCUT2D eigenvalue weighted by atomic mass is 32.1. The SMILES string of the molecule is O=C(C1CCOCC1)N1CCC(c2nccn2Cc2cscn2)CC1. The van der Waals surface area contributed by atoms with E-state index in [4.69, 9.17) is 4.74 Å². The Bertz CT molecular complexity index is 686. The van der Waals surface area contributed by atoms with Gasteiger partial charge in [0, 0.05) is 55.9 Å². The maximum Gasteiger partial charge on any atom is 0.225 e. The van der Waals surface area contributed by atoms with Crippen molar-refractivity contribution in [2.75, 3.05) is 26.3 Å². The van der Waals surface area contributed by atoms with E-state index >= 15 is 0 Å². The molecule has 2 fully saturated rings. The summed E-state index contributed by atoms with van der Waals surface area (Å²) in [5, 5.41) is 2.08. The number of carbonyl (C=O) groups excluding carboxylic acids is 1. The summed E-state index contributed by atoms with van der Waals surface area (Å²) in [5.41, 5.74) is 2.95. The summed E-state index contributed by atoms with van der Waals surface area (Å²) >= 11 is 1.62. The molecule has 2 saturated heterocycles. The molecular weight excluding hydrogens is 336 g/mol. The van der Waals surface area contributed by atoms with Crippen LogP contribution in [-0.4, -0.2) is 51.6 Å². The number of nitrogens with zero attached hydrogens (tertiary/aromatic N) is 4. The predicted molar refractivity (Wildman–Crippen MR) is 95.5 cm³/mol. The van der Waals surface area contributed by atoms with Crippen LogP contribution in [0.3, 0.4) is 0 Å². The fourth-order valence-corrected chi connectivity index (χ4v) is 4.41. The van der Waals surface area contributed by atoms with E-state index in [2.05, 4.69) is 24.8 Å². The Kier molecular flexibility index (Phi) is 5.12. The van der Waals surface area contributed by atoms with Gasteiger partial charge in [0.05, 0.1) is 17.7 Å². The van der Waals surface area contributed by atoms with Crippen molar-refractivity contribution in [1.29, 1.82) is 0 Å². The molecule has 25 heavy (non-hydrogen) atoms. The average Bonchev–Trinajstić information content (AvgIpc) is 3.34. The zero-order valence-corrected chi connectivity index (χ0v) is 15.2. The third-order valence-corrected chi connectivity index (χ3v) is 5.94. The largest absolute Gasteiger partial charge is 0.381 e. The van der Waals surface area contributed by atoms with Crippen molar-refractivity contribution in [3.63, 3.8) is 0 Å². The van der Waals surface area contributed by atoms with Crippen molar-refractivity contribution in [2.45, 2.75) is 38.1 Å². The predicted octanol–water partition coefficient (Wildman–Crippen LogP) is 2.52. The number of hydrogen-bond donors (Lipinski definition) is 0. The third kappa shape index (κ3) is 3.77. The minimum absolute atomic E-state index is 0.164. The topological polar surface area (TPSA) is 60.2 Å². The van der Waals surface area contributed by atoms with Crippen molar-refractivity contribution >= 4 is 17.2 Å². The summed E-state index contributed by atoms with van der Waals surface area (Å²) in [6.45, 7) is 3.90. The van der Waals surface area contributed by atoms with Crippen molar-refractivity contribution in [1.82, 2.24) is 19.4 Å². The Morgan fingerprint density at radius 3 is 2.72 bits per heavy atom. The van der Waals surface area contributed by atoms with E-state index in [0.29, 0.717) is 11.8 Å². The number of carbonyl (C=O) groups is 1. The molecule has 2 aliphatic rings. The zero-order valence-electron chi connectivity index (χ0n) is 14.3. The van der Waals surface area contributed by atoms with Gasteiger partial charge in [-0.05, 0) is 25.7 Å². The molecule has 2 aromatic heterocycles. The van der Waals surface area contributed by atoms with Gasteiger partial charge in [-0.15, -0.1) is 11.3 Å². The lowest BCUT2D eigenvalue weighted by Gasteiger charge is -2.35. The smallest absolute Gasteiger partial charge is 0.225 e. The van der Waals surface area contributed by atoms with Crippen LogP contribution in [0, 0.1) is 5.92 Å². The second-order valence-electron chi connectivity index (χ2n) is 6.88. The lowest BCUT2D eigenvalue weighted by atomic mass is 9.93. The second-order valence-corrected chi connectivity index (χ2v) is 7.60. The monoisotopic (exact) mass is 360 g/mol. The van der Waals surface area contributed by atoms with E-state index in [1.165, 1.54) is 0 Å². The molecule has 4 heterocycles. The van der Waals surface area contributed by atoms with Crippen molar-refractivity contribution in [3.8, 4) is 0 Å². The number of imidazole rings is 1. The standard InChI is InChI=1S/C18H24N4O2S/c23-18(15-3-9-24-10-4-15)21-6-1-14(2-7-21)17-19-5-8-22(17)11-16-12-25-13-20-16/h5,8,12-15H,1-4,6-7,9-11H2. The van der Waals surface area contributed by atoms with Crippen LogP contribution in [0.15, 0.2) is 23.3 Å². The van der Waals surface area contributed by atoms with Crippen molar-refractivity contribution < 1.29 is 9.53 Å². The highest BCUT2D eigenvalue weighted by molar-refractivity contribution is 7.07. The number of thiazole rings is 1. The number of hydrogen-bond acceptors (Lipinski definition) is 5. The molecule has 0 saturated carbocycles. The first-order valence-electron chi connectivity index (χ1n) is 9.06. The Balaban J connectivity index is 1.36. The minimum atomic E-state index is 0.164. The van der Waals surface area contributed by atoms with E-state index in [-0.39, 0.29) is 5.92 Å². The van der Waals surface area contributed by atoms with E-state index < -0.39 is 0 Å². The summed E-state index contributed by atoms with van der Waals surface area (Å²) < 4.78 is 7.58.